The summed E-state index contributed by atoms with van der Waals surface area (Å²) in [7, 11) is 1.59. The predicted octanol–water partition coefficient (Wildman–Crippen LogP) is 3.19. The van der Waals surface area contributed by atoms with E-state index in [0.717, 1.165) is 10.9 Å². The van der Waals surface area contributed by atoms with Crippen LogP contribution in [0.15, 0.2) is 79.1 Å². The molecule has 30 heavy (non-hydrogen) atoms. The summed E-state index contributed by atoms with van der Waals surface area (Å²) in [5.74, 6) is -0.537. The second-order valence-corrected chi connectivity index (χ2v) is 7.00. The Balaban J connectivity index is 1.44. The molecule has 2 aromatic carbocycles. The lowest BCUT2D eigenvalue weighted by Crippen LogP contribution is -2.35. The highest BCUT2D eigenvalue weighted by molar-refractivity contribution is 6.00. The van der Waals surface area contributed by atoms with Crippen molar-refractivity contribution in [3.63, 3.8) is 0 Å². The lowest BCUT2D eigenvalue weighted by molar-refractivity contribution is -0.116. The molecule has 2 aromatic heterocycles. The van der Waals surface area contributed by atoms with Gasteiger partial charge in [0.25, 0.3) is 5.91 Å². The first-order valence-electron chi connectivity index (χ1n) is 9.56. The van der Waals surface area contributed by atoms with Crippen molar-refractivity contribution in [2.75, 3.05) is 18.9 Å². The molecular weight excluding hydrogens is 378 g/mol. The van der Waals surface area contributed by atoms with Crippen LogP contribution in [-0.2, 0) is 11.3 Å². The fourth-order valence-electron chi connectivity index (χ4n) is 3.19. The zero-order chi connectivity index (χ0) is 20.9. The van der Waals surface area contributed by atoms with Gasteiger partial charge in [0.05, 0.1) is 24.8 Å². The molecule has 0 fully saturated rings. The van der Waals surface area contributed by atoms with E-state index in [-0.39, 0.29) is 18.4 Å². The fraction of sp³-hybridized carbons (Fsp3) is 0.130. The summed E-state index contributed by atoms with van der Waals surface area (Å²) in [5.41, 5.74) is 2.93. The molecule has 0 aliphatic heterocycles. The molecule has 0 bridgehead atoms. The number of aromatic nitrogens is 3. The van der Waals surface area contributed by atoms with Crippen LogP contribution in [0.25, 0.3) is 11.0 Å². The molecule has 0 aliphatic carbocycles. The molecule has 0 spiro atoms. The van der Waals surface area contributed by atoms with Gasteiger partial charge in [0, 0.05) is 24.3 Å². The van der Waals surface area contributed by atoms with Crippen molar-refractivity contribution in [3.05, 3.63) is 90.3 Å². The van der Waals surface area contributed by atoms with E-state index in [4.69, 9.17) is 0 Å². The van der Waals surface area contributed by atoms with E-state index in [1.165, 1.54) is 11.1 Å². The number of hydrogen-bond donors (Lipinski definition) is 1. The van der Waals surface area contributed by atoms with E-state index >= 15 is 0 Å². The van der Waals surface area contributed by atoms with E-state index in [0.29, 0.717) is 23.4 Å². The van der Waals surface area contributed by atoms with Crippen molar-refractivity contribution in [2.24, 2.45) is 0 Å². The van der Waals surface area contributed by atoms with Gasteiger partial charge in [0.2, 0.25) is 5.91 Å². The van der Waals surface area contributed by atoms with Gasteiger partial charge in [-0.1, -0.05) is 48.5 Å². The monoisotopic (exact) mass is 399 g/mol. The van der Waals surface area contributed by atoms with E-state index < -0.39 is 0 Å². The molecule has 0 unspecified atom stereocenters. The van der Waals surface area contributed by atoms with Gasteiger partial charge in [-0.3, -0.25) is 9.59 Å². The minimum atomic E-state index is -0.275. The minimum Gasteiger partial charge on any atom is -0.332 e. The molecule has 7 nitrogen and oxygen atoms in total. The summed E-state index contributed by atoms with van der Waals surface area (Å²) >= 11 is 0. The number of nitrogens with one attached hydrogen (secondary N) is 1. The molecule has 0 radical (unpaired) electrons. The van der Waals surface area contributed by atoms with Crippen LogP contribution in [-0.4, -0.2) is 45.1 Å². The van der Waals surface area contributed by atoms with E-state index in [2.05, 4.69) is 15.4 Å². The maximum atomic E-state index is 12.8. The van der Waals surface area contributed by atoms with Crippen LogP contribution in [0.4, 0.5) is 5.69 Å². The van der Waals surface area contributed by atoms with Crippen molar-refractivity contribution >= 4 is 28.5 Å². The first kappa shape index (κ1) is 19.3. The molecule has 150 valence electrons. The number of nitrogens with zero attached hydrogens (tertiary/aromatic N) is 4. The number of fused-ring (bicyclic) bond motifs is 1. The standard InChI is InChI=1S/C23H21N5O2/c1-27(16-21(29)26-20-10-6-3-7-11-20)23(30)19-12-18-14-25-28(22(18)24-13-19)15-17-8-4-2-5-9-17/h2-14H,15-16H2,1H3,(H,26,29). The zero-order valence-electron chi connectivity index (χ0n) is 16.5. The van der Waals surface area contributed by atoms with Crippen LogP contribution in [0, 0.1) is 0 Å². The lowest BCUT2D eigenvalue weighted by Gasteiger charge is -2.16. The number of hydrogen-bond acceptors (Lipinski definition) is 4. The van der Waals surface area contributed by atoms with E-state index in [1.54, 1.807) is 36.1 Å². The Morgan fingerprint density at radius 3 is 2.43 bits per heavy atom. The number of rotatable bonds is 6. The summed E-state index contributed by atoms with van der Waals surface area (Å²) in [4.78, 5) is 30.8. The Morgan fingerprint density at radius 1 is 1.00 bits per heavy atom. The molecule has 2 heterocycles. The molecule has 1 N–H and O–H groups in total. The zero-order valence-corrected chi connectivity index (χ0v) is 16.5. The summed E-state index contributed by atoms with van der Waals surface area (Å²) in [5, 5.41) is 7.95. The number of para-hydroxylation sites is 1. The molecular formula is C23H21N5O2. The van der Waals surface area contributed by atoms with Crippen LogP contribution < -0.4 is 5.32 Å². The molecule has 4 rings (SSSR count). The number of carbonyl (C=O) groups excluding carboxylic acids is 2. The van der Waals surface area contributed by atoms with Crippen molar-refractivity contribution in [2.45, 2.75) is 6.54 Å². The van der Waals surface area contributed by atoms with Crippen LogP contribution in [0.2, 0.25) is 0 Å². The van der Waals surface area contributed by atoms with Crippen LogP contribution >= 0.6 is 0 Å². The van der Waals surface area contributed by atoms with Crippen molar-refractivity contribution in [1.82, 2.24) is 19.7 Å². The summed E-state index contributed by atoms with van der Waals surface area (Å²) in [6.07, 6.45) is 3.23. The van der Waals surface area contributed by atoms with Gasteiger partial charge in [0.15, 0.2) is 5.65 Å². The molecule has 0 aliphatic rings. The third-order valence-electron chi connectivity index (χ3n) is 4.68. The number of carbonyl (C=O) groups is 2. The second-order valence-electron chi connectivity index (χ2n) is 7.00. The van der Waals surface area contributed by atoms with Gasteiger partial charge < -0.3 is 10.2 Å². The number of benzene rings is 2. The minimum absolute atomic E-state index is 0.0565. The van der Waals surface area contributed by atoms with Crippen molar-refractivity contribution in [1.29, 1.82) is 0 Å². The summed E-state index contributed by atoms with van der Waals surface area (Å²) < 4.78 is 1.80. The first-order chi connectivity index (χ1) is 14.6. The fourth-order valence-corrected chi connectivity index (χ4v) is 3.19. The lowest BCUT2D eigenvalue weighted by atomic mass is 10.2. The Labute approximate surface area is 174 Å². The van der Waals surface area contributed by atoms with E-state index in [1.807, 2.05) is 48.5 Å². The molecule has 2 amide bonds. The smallest absolute Gasteiger partial charge is 0.255 e. The molecule has 0 saturated heterocycles. The summed E-state index contributed by atoms with van der Waals surface area (Å²) in [6.45, 7) is 0.545. The normalized spacial score (nSPS) is 10.7. The van der Waals surface area contributed by atoms with E-state index in [9.17, 15) is 9.59 Å². The van der Waals surface area contributed by atoms with Gasteiger partial charge in [-0.2, -0.15) is 5.10 Å². The van der Waals surface area contributed by atoms with Gasteiger partial charge >= 0.3 is 0 Å². The van der Waals surface area contributed by atoms with Crippen LogP contribution in [0.1, 0.15) is 15.9 Å². The average Bonchev–Trinajstić information content (AvgIpc) is 3.16. The van der Waals surface area contributed by atoms with Gasteiger partial charge in [-0.15, -0.1) is 0 Å². The highest BCUT2D eigenvalue weighted by atomic mass is 16.2. The Hall–Kier alpha value is -4.00. The van der Waals surface area contributed by atoms with Crippen molar-refractivity contribution < 1.29 is 9.59 Å². The molecule has 7 heteroatoms. The van der Waals surface area contributed by atoms with Crippen LogP contribution in [0.5, 0.6) is 0 Å². The maximum Gasteiger partial charge on any atom is 0.255 e. The molecule has 4 aromatic rings. The second kappa shape index (κ2) is 8.57. The largest absolute Gasteiger partial charge is 0.332 e. The predicted molar refractivity (Wildman–Crippen MR) is 115 cm³/mol. The SMILES string of the molecule is CN(CC(=O)Nc1ccccc1)C(=O)c1cnc2c(cnn2Cc2ccccc2)c1. The van der Waals surface area contributed by atoms with Crippen LogP contribution in [0.3, 0.4) is 0 Å². The first-order valence-corrected chi connectivity index (χ1v) is 9.56. The summed E-state index contributed by atoms with van der Waals surface area (Å²) in [6, 6.07) is 20.9. The number of likely N-dealkylation sites (N-methyl/N-ethyl adjacent to an activating group) is 1. The number of amides is 2. The maximum absolute atomic E-state index is 12.8. The molecule has 0 saturated carbocycles. The van der Waals surface area contributed by atoms with Crippen molar-refractivity contribution in [3.8, 4) is 0 Å². The Bertz CT molecular complexity index is 1170. The Kier molecular flexibility index (Phi) is 5.52. The topological polar surface area (TPSA) is 80.1 Å². The highest BCUT2D eigenvalue weighted by Crippen LogP contribution is 2.16. The Morgan fingerprint density at radius 2 is 1.70 bits per heavy atom. The third-order valence-corrected chi connectivity index (χ3v) is 4.68. The highest BCUT2D eigenvalue weighted by Gasteiger charge is 2.17. The van der Waals surface area contributed by atoms with Gasteiger partial charge in [0.1, 0.15) is 0 Å². The third kappa shape index (κ3) is 4.35. The number of pyridine rings is 1. The quantitative estimate of drug-likeness (QED) is 0.540. The van der Waals surface area contributed by atoms with Gasteiger partial charge in [-0.25, -0.2) is 9.67 Å². The average molecular weight is 399 g/mol. The number of anilines is 1. The molecule has 0 atom stereocenters. The van der Waals surface area contributed by atoms with Gasteiger partial charge in [-0.05, 0) is 23.8 Å².